The summed E-state index contributed by atoms with van der Waals surface area (Å²) in [6, 6.07) is 18.9. The summed E-state index contributed by atoms with van der Waals surface area (Å²) >= 11 is 0. The monoisotopic (exact) mass is 288 g/mol. The summed E-state index contributed by atoms with van der Waals surface area (Å²) in [6.45, 7) is 0.703. The molecule has 2 aromatic carbocycles. The fourth-order valence-electron chi connectivity index (χ4n) is 1.51. The smallest absolute Gasteiger partial charge is 0.340 e. The van der Waals surface area contributed by atoms with Gasteiger partial charge in [-0.15, -0.1) is 0 Å². The zero-order valence-corrected chi connectivity index (χ0v) is 12.3. The van der Waals surface area contributed by atoms with Crippen molar-refractivity contribution in [1.29, 1.82) is 0 Å². The molecule has 4 nitrogen and oxygen atoms in total. The Balaban J connectivity index is 0.000000219. The topological polar surface area (TPSA) is 44.8 Å². The third-order valence-corrected chi connectivity index (χ3v) is 2.47. The first kappa shape index (κ1) is 16.9. The van der Waals surface area contributed by atoms with Gasteiger partial charge in [0.05, 0.1) is 12.2 Å². The predicted octanol–water partition coefficient (Wildman–Crippen LogP) is 3.28. The second kappa shape index (κ2) is 10.6. The first-order chi connectivity index (χ1) is 10.3. The maximum absolute atomic E-state index is 11.1. The average molecular weight is 288 g/mol. The Kier molecular flexibility index (Phi) is 8.52. The van der Waals surface area contributed by atoms with Crippen LogP contribution in [0.1, 0.15) is 15.9 Å². The van der Waals surface area contributed by atoms with E-state index in [0.717, 1.165) is 0 Å². The van der Waals surface area contributed by atoms with Crippen LogP contribution in [0.25, 0.3) is 0 Å². The van der Waals surface area contributed by atoms with Crippen molar-refractivity contribution in [3.63, 3.8) is 0 Å². The van der Waals surface area contributed by atoms with Crippen molar-refractivity contribution in [2.24, 2.45) is 0 Å². The first-order valence-electron chi connectivity index (χ1n) is 6.52. The van der Waals surface area contributed by atoms with Crippen molar-refractivity contribution in [1.82, 2.24) is 0 Å². The molecule has 0 bridgehead atoms. The SMILES string of the molecule is COCOC(=O)c1ccccc1.COCc1ccccc1. The van der Waals surface area contributed by atoms with E-state index in [0.29, 0.717) is 12.2 Å². The molecule has 0 aliphatic heterocycles. The molecule has 0 N–H and O–H groups in total. The molecule has 0 heterocycles. The van der Waals surface area contributed by atoms with Crippen LogP contribution in [0, 0.1) is 0 Å². The molecule has 4 heteroatoms. The van der Waals surface area contributed by atoms with Crippen molar-refractivity contribution in [3.05, 3.63) is 71.8 Å². The lowest BCUT2D eigenvalue weighted by Crippen LogP contribution is -2.06. The van der Waals surface area contributed by atoms with Crippen molar-refractivity contribution in [3.8, 4) is 0 Å². The molecule has 0 atom stereocenters. The van der Waals surface area contributed by atoms with Crippen LogP contribution in [0.15, 0.2) is 60.7 Å². The molecule has 112 valence electrons. The third-order valence-electron chi connectivity index (χ3n) is 2.47. The molecule has 0 aromatic heterocycles. The maximum Gasteiger partial charge on any atom is 0.340 e. The van der Waals surface area contributed by atoms with E-state index >= 15 is 0 Å². The number of carbonyl (C=O) groups excluding carboxylic acids is 1. The summed E-state index contributed by atoms with van der Waals surface area (Å²) in [6.07, 6.45) is 0. The maximum atomic E-state index is 11.1. The zero-order chi connectivity index (χ0) is 15.3. The molecule has 0 saturated carbocycles. The molecule has 0 amide bonds. The molecular formula is C17H20O4. The Morgan fingerprint density at radius 3 is 1.95 bits per heavy atom. The van der Waals surface area contributed by atoms with Crippen LogP contribution < -0.4 is 0 Å². The third kappa shape index (κ3) is 7.25. The number of rotatable bonds is 5. The van der Waals surface area contributed by atoms with Crippen LogP contribution >= 0.6 is 0 Å². The normalized spacial score (nSPS) is 9.43. The molecule has 2 aromatic rings. The minimum absolute atomic E-state index is 0.00622. The summed E-state index contributed by atoms with van der Waals surface area (Å²) in [5.74, 6) is -0.363. The van der Waals surface area contributed by atoms with E-state index in [4.69, 9.17) is 9.47 Å². The van der Waals surface area contributed by atoms with E-state index in [1.807, 2.05) is 36.4 Å². The molecule has 0 fully saturated rings. The predicted molar refractivity (Wildman–Crippen MR) is 80.9 cm³/mol. The van der Waals surface area contributed by atoms with Gasteiger partial charge in [0, 0.05) is 14.2 Å². The Bertz CT molecular complexity index is 497. The van der Waals surface area contributed by atoms with Gasteiger partial charge in [0.2, 0.25) is 0 Å². The van der Waals surface area contributed by atoms with Crippen LogP contribution in [-0.4, -0.2) is 27.0 Å². The van der Waals surface area contributed by atoms with Crippen molar-refractivity contribution in [2.75, 3.05) is 21.0 Å². The average Bonchev–Trinajstić information content (AvgIpc) is 2.55. The van der Waals surface area contributed by atoms with Gasteiger partial charge in [0.1, 0.15) is 0 Å². The largest absolute Gasteiger partial charge is 0.435 e. The van der Waals surface area contributed by atoms with Gasteiger partial charge in [-0.1, -0.05) is 48.5 Å². The van der Waals surface area contributed by atoms with Crippen molar-refractivity contribution in [2.45, 2.75) is 6.61 Å². The van der Waals surface area contributed by atoms with Gasteiger partial charge in [-0.2, -0.15) is 0 Å². The van der Waals surface area contributed by atoms with E-state index in [1.165, 1.54) is 12.7 Å². The highest BCUT2D eigenvalue weighted by Crippen LogP contribution is 2.00. The highest BCUT2D eigenvalue weighted by atomic mass is 16.7. The number of hydrogen-bond acceptors (Lipinski definition) is 4. The molecule has 0 saturated heterocycles. The minimum atomic E-state index is -0.363. The standard InChI is InChI=1S/C9H10O3.C8H10O/c1-11-7-12-9(10)8-5-3-2-4-6-8;1-9-7-8-5-3-2-4-6-8/h2-6H,7H2,1H3;2-6H,7H2,1H3. The number of methoxy groups -OCH3 is 2. The lowest BCUT2D eigenvalue weighted by molar-refractivity contribution is -0.0125. The van der Waals surface area contributed by atoms with Crippen LogP contribution in [0.5, 0.6) is 0 Å². The zero-order valence-electron chi connectivity index (χ0n) is 12.3. The Morgan fingerprint density at radius 1 is 0.857 bits per heavy atom. The Morgan fingerprint density at radius 2 is 1.43 bits per heavy atom. The van der Waals surface area contributed by atoms with E-state index in [9.17, 15) is 4.79 Å². The van der Waals surface area contributed by atoms with Crippen LogP contribution in [0.3, 0.4) is 0 Å². The Hall–Kier alpha value is -2.17. The molecular weight excluding hydrogens is 268 g/mol. The lowest BCUT2D eigenvalue weighted by atomic mass is 10.2. The molecule has 0 aliphatic rings. The van der Waals surface area contributed by atoms with Gasteiger partial charge in [0.25, 0.3) is 0 Å². The molecule has 0 spiro atoms. The van der Waals surface area contributed by atoms with E-state index < -0.39 is 0 Å². The molecule has 2 rings (SSSR count). The van der Waals surface area contributed by atoms with E-state index in [1.54, 1.807) is 31.4 Å². The number of esters is 1. The van der Waals surface area contributed by atoms with Gasteiger partial charge in [-0.25, -0.2) is 4.79 Å². The second-order valence-corrected chi connectivity index (χ2v) is 4.12. The minimum Gasteiger partial charge on any atom is -0.435 e. The highest BCUT2D eigenvalue weighted by Gasteiger charge is 2.03. The summed E-state index contributed by atoms with van der Waals surface area (Å²) in [4.78, 5) is 11.1. The van der Waals surface area contributed by atoms with Crippen molar-refractivity contribution < 1.29 is 19.0 Å². The van der Waals surface area contributed by atoms with Crippen LogP contribution in [0.2, 0.25) is 0 Å². The van der Waals surface area contributed by atoms with Gasteiger partial charge in [-0.3, -0.25) is 0 Å². The fraction of sp³-hybridized carbons (Fsp3) is 0.235. The number of hydrogen-bond donors (Lipinski definition) is 0. The Labute approximate surface area is 125 Å². The van der Waals surface area contributed by atoms with Gasteiger partial charge < -0.3 is 14.2 Å². The summed E-state index contributed by atoms with van der Waals surface area (Å²) in [5, 5.41) is 0. The quantitative estimate of drug-likeness (QED) is 0.625. The van der Waals surface area contributed by atoms with Crippen LogP contribution in [-0.2, 0) is 20.8 Å². The number of carbonyl (C=O) groups is 1. The van der Waals surface area contributed by atoms with Gasteiger partial charge >= 0.3 is 5.97 Å². The number of benzene rings is 2. The van der Waals surface area contributed by atoms with Crippen LogP contribution in [0.4, 0.5) is 0 Å². The van der Waals surface area contributed by atoms with E-state index in [2.05, 4.69) is 4.74 Å². The molecule has 0 unspecified atom stereocenters. The summed E-state index contributed by atoms with van der Waals surface area (Å²) < 4.78 is 14.2. The molecule has 0 radical (unpaired) electrons. The number of ether oxygens (including phenoxy) is 3. The van der Waals surface area contributed by atoms with Crippen molar-refractivity contribution >= 4 is 5.97 Å². The first-order valence-corrected chi connectivity index (χ1v) is 6.52. The highest BCUT2D eigenvalue weighted by molar-refractivity contribution is 5.89. The summed E-state index contributed by atoms with van der Waals surface area (Å²) in [5.41, 5.74) is 1.76. The van der Waals surface area contributed by atoms with Gasteiger partial charge in [-0.05, 0) is 17.7 Å². The second-order valence-electron chi connectivity index (χ2n) is 4.12. The van der Waals surface area contributed by atoms with E-state index in [-0.39, 0.29) is 12.8 Å². The molecule has 0 aliphatic carbocycles. The van der Waals surface area contributed by atoms with Gasteiger partial charge in [0.15, 0.2) is 6.79 Å². The lowest BCUT2D eigenvalue weighted by Gasteiger charge is -2.01. The summed E-state index contributed by atoms with van der Waals surface area (Å²) in [7, 11) is 3.17. The fourth-order valence-corrected chi connectivity index (χ4v) is 1.51. The molecule has 21 heavy (non-hydrogen) atoms.